The van der Waals surface area contributed by atoms with E-state index in [1.165, 1.54) is 13.5 Å². The number of esters is 1. The first kappa shape index (κ1) is 19.0. The summed E-state index contributed by atoms with van der Waals surface area (Å²) in [5.41, 5.74) is 3.19. The van der Waals surface area contributed by atoms with Crippen molar-refractivity contribution in [2.75, 3.05) is 7.11 Å². The Bertz CT molecular complexity index is 1120. The molecule has 4 aliphatic carbocycles. The number of guanidine groups is 1. The van der Waals surface area contributed by atoms with Crippen molar-refractivity contribution in [3.8, 4) is 0 Å². The van der Waals surface area contributed by atoms with E-state index in [1.54, 1.807) is 17.4 Å². The molecule has 2 aromatic rings. The summed E-state index contributed by atoms with van der Waals surface area (Å²) >= 11 is 1.57. The molecule has 4 saturated carbocycles. The fraction of sp³-hybridized carbons (Fsp3) is 0.478. The van der Waals surface area contributed by atoms with Crippen LogP contribution >= 0.6 is 11.3 Å². The van der Waals surface area contributed by atoms with E-state index in [0.29, 0.717) is 23.5 Å². The maximum Gasteiger partial charge on any atom is 0.334 e. The Balaban J connectivity index is 1.33. The number of methoxy groups -OCH3 is 1. The predicted molar refractivity (Wildman–Crippen MR) is 118 cm³/mol. The van der Waals surface area contributed by atoms with Crippen molar-refractivity contribution in [2.45, 2.75) is 37.6 Å². The highest BCUT2D eigenvalue weighted by Crippen LogP contribution is 2.60. The van der Waals surface area contributed by atoms with E-state index in [-0.39, 0.29) is 23.7 Å². The van der Waals surface area contributed by atoms with Gasteiger partial charge in [-0.25, -0.2) is 14.8 Å². The smallest absolute Gasteiger partial charge is 0.334 e. The standard InChI is InChI=1S/C23H24N4O3S/c1-30-21(29)23(15-5-13-4-14(7-15)8-16(23)6-13)27-22-25-18(20(28)26-22)9-12-2-3-17-19(10-12)31-11-24-17/h2-3,9-11,13-16H,4-8H2,1H3,(H2,25,26,27,28)/b18-9-. The van der Waals surface area contributed by atoms with Crippen molar-refractivity contribution in [1.82, 2.24) is 15.6 Å². The van der Waals surface area contributed by atoms with E-state index in [2.05, 4.69) is 15.6 Å². The molecule has 4 bridgehead atoms. The first-order chi connectivity index (χ1) is 15.0. The van der Waals surface area contributed by atoms with E-state index in [1.807, 2.05) is 23.7 Å². The SMILES string of the molecule is COC(=O)C1(N=C2NC(=O)/C(=C/c3ccc4ncsc4c3)N2)C2CC3CC(C2)CC1C3. The topological polar surface area (TPSA) is 92.7 Å². The molecule has 0 radical (unpaired) electrons. The molecule has 1 aliphatic heterocycles. The minimum absolute atomic E-state index is 0.184. The summed E-state index contributed by atoms with van der Waals surface area (Å²) in [6.07, 6.45) is 7.16. The number of fused-ring (bicyclic) bond motifs is 1. The van der Waals surface area contributed by atoms with Gasteiger partial charge in [-0.15, -0.1) is 11.3 Å². The maximum absolute atomic E-state index is 13.1. The zero-order valence-electron chi connectivity index (χ0n) is 17.3. The third-order valence-corrected chi connectivity index (χ3v) is 8.38. The van der Waals surface area contributed by atoms with Crippen LogP contribution in [0.3, 0.4) is 0 Å². The number of hydrogen-bond donors (Lipinski definition) is 2. The molecule has 1 aromatic heterocycles. The number of rotatable bonds is 3. The van der Waals surface area contributed by atoms with Crippen molar-refractivity contribution in [2.24, 2.45) is 28.7 Å². The summed E-state index contributed by atoms with van der Waals surface area (Å²) in [6, 6.07) is 5.89. The second-order valence-corrected chi connectivity index (χ2v) is 10.2. The van der Waals surface area contributed by atoms with Gasteiger partial charge >= 0.3 is 5.97 Å². The number of nitrogens with zero attached hydrogens (tertiary/aromatic N) is 2. The molecule has 160 valence electrons. The van der Waals surface area contributed by atoms with Crippen LogP contribution in [0, 0.1) is 23.7 Å². The largest absolute Gasteiger partial charge is 0.467 e. The summed E-state index contributed by atoms with van der Waals surface area (Å²) in [7, 11) is 1.44. The van der Waals surface area contributed by atoms with Gasteiger partial charge < -0.3 is 10.1 Å². The Hall–Kier alpha value is -2.74. The van der Waals surface area contributed by atoms with Gasteiger partial charge in [0.05, 0.1) is 22.8 Å². The number of benzene rings is 1. The van der Waals surface area contributed by atoms with Gasteiger partial charge in [-0.1, -0.05) is 6.07 Å². The molecule has 5 aliphatic rings. The molecule has 1 aromatic carbocycles. The minimum atomic E-state index is -0.894. The lowest BCUT2D eigenvalue weighted by atomic mass is 9.48. The van der Waals surface area contributed by atoms with Crippen LogP contribution in [0.25, 0.3) is 16.3 Å². The zero-order chi connectivity index (χ0) is 21.2. The third kappa shape index (κ3) is 2.91. The maximum atomic E-state index is 13.1. The summed E-state index contributed by atoms with van der Waals surface area (Å²) in [5.74, 6) is 1.61. The van der Waals surface area contributed by atoms with Crippen molar-refractivity contribution in [1.29, 1.82) is 0 Å². The number of hydrogen-bond acceptors (Lipinski definition) is 6. The highest BCUT2D eigenvalue weighted by atomic mass is 32.1. The molecule has 2 heterocycles. The Morgan fingerprint density at radius 3 is 2.65 bits per heavy atom. The van der Waals surface area contributed by atoms with Gasteiger partial charge in [0.2, 0.25) is 5.96 Å². The van der Waals surface area contributed by atoms with E-state index in [0.717, 1.165) is 41.5 Å². The number of carbonyl (C=O) groups is 2. The monoisotopic (exact) mass is 436 g/mol. The first-order valence-electron chi connectivity index (χ1n) is 10.9. The molecule has 7 rings (SSSR count). The molecule has 2 N–H and O–H groups in total. The summed E-state index contributed by atoms with van der Waals surface area (Å²) < 4.78 is 6.34. The number of aliphatic imine (C=N–C) groups is 1. The number of amides is 1. The number of carbonyl (C=O) groups excluding carboxylic acids is 2. The Kier molecular flexibility index (Phi) is 4.21. The van der Waals surface area contributed by atoms with E-state index in [9.17, 15) is 9.59 Å². The number of aromatic nitrogens is 1. The van der Waals surface area contributed by atoms with Gasteiger partial charge in [-0.05, 0) is 79.5 Å². The van der Waals surface area contributed by atoms with Crippen LogP contribution in [-0.4, -0.2) is 35.5 Å². The van der Waals surface area contributed by atoms with Gasteiger partial charge in [0.15, 0.2) is 5.54 Å². The van der Waals surface area contributed by atoms with Crippen LogP contribution in [-0.2, 0) is 14.3 Å². The zero-order valence-corrected chi connectivity index (χ0v) is 18.1. The fourth-order valence-corrected chi connectivity index (χ4v) is 7.21. The quantitative estimate of drug-likeness (QED) is 0.570. The molecule has 5 fully saturated rings. The average Bonchev–Trinajstić information content (AvgIpc) is 3.35. The van der Waals surface area contributed by atoms with E-state index in [4.69, 9.17) is 9.73 Å². The van der Waals surface area contributed by atoms with Gasteiger partial charge in [-0.3, -0.25) is 10.1 Å². The summed E-state index contributed by atoms with van der Waals surface area (Å²) in [6.45, 7) is 0. The van der Waals surface area contributed by atoms with E-state index >= 15 is 0 Å². The number of nitrogens with one attached hydrogen (secondary N) is 2. The second-order valence-electron chi connectivity index (χ2n) is 9.30. The van der Waals surface area contributed by atoms with Crippen molar-refractivity contribution in [3.63, 3.8) is 0 Å². The van der Waals surface area contributed by atoms with Crippen molar-refractivity contribution >= 4 is 45.5 Å². The lowest BCUT2D eigenvalue weighted by Crippen LogP contribution is -2.62. The predicted octanol–water partition coefficient (Wildman–Crippen LogP) is 3.08. The molecule has 1 amide bonds. The fourth-order valence-electron chi connectivity index (χ4n) is 6.49. The molecule has 0 unspecified atom stereocenters. The first-order valence-corrected chi connectivity index (χ1v) is 11.7. The molecule has 1 saturated heterocycles. The Morgan fingerprint density at radius 2 is 1.94 bits per heavy atom. The Morgan fingerprint density at radius 1 is 1.19 bits per heavy atom. The lowest BCUT2D eigenvalue weighted by Gasteiger charge is -2.57. The van der Waals surface area contributed by atoms with Crippen LogP contribution in [0.4, 0.5) is 0 Å². The highest BCUT2D eigenvalue weighted by Gasteiger charge is 2.62. The second kappa shape index (κ2) is 6.88. The highest BCUT2D eigenvalue weighted by molar-refractivity contribution is 7.16. The third-order valence-electron chi connectivity index (χ3n) is 7.59. The van der Waals surface area contributed by atoms with Crippen molar-refractivity contribution < 1.29 is 14.3 Å². The average molecular weight is 437 g/mol. The Labute approximate surface area is 184 Å². The lowest BCUT2D eigenvalue weighted by molar-refractivity contribution is -0.163. The molecule has 0 spiro atoms. The van der Waals surface area contributed by atoms with Gasteiger partial charge in [0, 0.05) is 0 Å². The van der Waals surface area contributed by atoms with Crippen LogP contribution in [0.1, 0.15) is 37.7 Å². The molecule has 0 atom stereocenters. The number of ether oxygens (including phenoxy) is 1. The molecular weight excluding hydrogens is 412 g/mol. The van der Waals surface area contributed by atoms with Crippen LogP contribution in [0.2, 0.25) is 0 Å². The molecule has 8 heteroatoms. The van der Waals surface area contributed by atoms with Crippen LogP contribution in [0.15, 0.2) is 34.4 Å². The van der Waals surface area contributed by atoms with E-state index < -0.39 is 5.54 Å². The molecule has 31 heavy (non-hydrogen) atoms. The van der Waals surface area contributed by atoms with Crippen molar-refractivity contribution in [3.05, 3.63) is 35.0 Å². The minimum Gasteiger partial charge on any atom is -0.467 e. The van der Waals surface area contributed by atoms with Gasteiger partial charge in [0.25, 0.3) is 5.91 Å². The number of thiazole rings is 1. The summed E-state index contributed by atoms with van der Waals surface area (Å²) in [4.78, 5) is 34.9. The van der Waals surface area contributed by atoms with Gasteiger partial charge in [0.1, 0.15) is 5.70 Å². The van der Waals surface area contributed by atoms with Crippen LogP contribution in [0.5, 0.6) is 0 Å². The summed E-state index contributed by atoms with van der Waals surface area (Å²) in [5, 5.41) is 5.96. The van der Waals surface area contributed by atoms with Crippen LogP contribution < -0.4 is 10.6 Å². The van der Waals surface area contributed by atoms with Gasteiger partial charge in [-0.2, -0.15) is 0 Å². The molecular formula is C23H24N4O3S. The normalized spacial score (nSPS) is 36.2. The molecule has 7 nitrogen and oxygen atoms in total.